The van der Waals surface area contributed by atoms with Crippen molar-refractivity contribution in [3.8, 4) is 11.4 Å². The predicted octanol–water partition coefficient (Wildman–Crippen LogP) is 5.80. The third-order valence-corrected chi connectivity index (χ3v) is 6.82. The fourth-order valence-corrected chi connectivity index (χ4v) is 4.85. The van der Waals surface area contributed by atoms with Gasteiger partial charge in [0.15, 0.2) is 6.10 Å². The number of carbonyl (C=O) groups excluding carboxylic acids is 2. The van der Waals surface area contributed by atoms with Crippen LogP contribution in [-0.2, 0) is 17.6 Å². The summed E-state index contributed by atoms with van der Waals surface area (Å²) in [6, 6.07) is 15.1. The second-order valence-corrected chi connectivity index (χ2v) is 9.00. The van der Waals surface area contributed by atoms with Gasteiger partial charge in [0.1, 0.15) is 5.82 Å². The van der Waals surface area contributed by atoms with E-state index in [4.69, 9.17) is 4.74 Å². The number of fused-ring (bicyclic) bond motifs is 3. The number of hydrogen-bond donors (Lipinski definition) is 1. The molecule has 1 atom stereocenters. The van der Waals surface area contributed by atoms with E-state index in [9.17, 15) is 9.59 Å². The van der Waals surface area contributed by atoms with E-state index >= 15 is 0 Å². The minimum absolute atomic E-state index is 0.173. The minimum Gasteiger partial charge on any atom is -0.449 e. The molecule has 4 aromatic rings. The number of imidazole rings is 1. The number of aromatic amines is 1. The van der Waals surface area contributed by atoms with Gasteiger partial charge in [-0.3, -0.25) is 9.36 Å². The highest BCUT2D eigenvalue weighted by molar-refractivity contribution is 5.99. The molecule has 0 saturated heterocycles. The number of H-pyrrole nitrogens is 1. The van der Waals surface area contributed by atoms with Crippen LogP contribution in [0, 0.1) is 13.8 Å². The minimum atomic E-state index is -0.843. The molecule has 1 N–H and O–H groups in total. The van der Waals surface area contributed by atoms with Crippen molar-refractivity contribution in [2.24, 2.45) is 0 Å². The van der Waals surface area contributed by atoms with Crippen molar-refractivity contribution in [3.63, 3.8) is 0 Å². The SMILES string of the molecule is CCC(OC(=O)c1ccc(-c2nc(C)c(C)[nH]2)cc1)C(=O)n1c2c(c3ccccc31)CCCC2. The van der Waals surface area contributed by atoms with Crippen LogP contribution in [0.4, 0.5) is 0 Å². The average Bonchev–Trinajstić information content (AvgIpc) is 3.38. The smallest absolute Gasteiger partial charge is 0.338 e. The largest absolute Gasteiger partial charge is 0.449 e. The summed E-state index contributed by atoms with van der Waals surface area (Å²) in [4.78, 5) is 34.3. The lowest BCUT2D eigenvalue weighted by atomic mass is 9.95. The maximum Gasteiger partial charge on any atom is 0.338 e. The van der Waals surface area contributed by atoms with Gasteiger partial charge in [-0.25, -0.2) is 9.78 Å². The summed E-state index contributed by atoms with van der Waals surface area (Å²) in [6.07, 6.45) is 3.61. The van der Waals surface area contributed by atoms with E-state index in [0.717, 1.165) is 65.1 Å². The van der Waals surface area contributed by atoms with Crippen LogP contribution in [0.15, 0.2) is 48.5 Å². The Bertz CT molecular complexity index is 1360. The molecule has 174 valence electrons. The number of nitrogens with one attached hydrogen (secondary N) is 1. The Morgan fingerprint density at radius 3 is 2.50 bits per heavy atom. The van der Waals surface area contributed by atoms with E-state index in [-0.39, 0.29) is 5.91 Å². The van der Waals surface area contributed by atoms with Crippen molar-refractivity contribution in [3.05, 3.63) is 76.7 Å². The van der Waals surface area contributed by atoms with Crippen molar-refractivity contribution in [2.45, 2.75) is 59.0 Å². The Morgan fingerprint density at radius 2 is 1.79 bits per heavy atom. The predicted molar refractivity (Wildman–Crippen MR) is 132 cm³/mol. The molecule has 0 aliphatic heterocycles. The molecule has 1 unspecified atom stereocenters. The fourth-order valence-electron chi connectivity index (χ4n) is 4.85. The van der Waals surface area contributed by atoms with Crippen LogP contribution in [0.25, 0.3) is 22.3 Å². The first kappa shape index (κ1) is 22.1. The van der Waals surface area contributed by atoms with E-state index < -0.39 is 12.1 Å². The molecular weight excluding hydrogens is 426 g/mol. The van der Waals surface area contributed by atoms with E-state index in [0.29, 0.717) is 12.0 Å². The number of benzene rings is 2. The number of aryl methyl sites for hydroxylation is 3. The molecule has 5 rings (SSSR count). The number of rotatable bonds is 5. The molecular formula is C28H29N3O3. The third-order valence-electron chi connectivity index (χ3n) is 6.82. The van der Waals surface area contributed by atoms with Crippen molar-refractivity contribution < 1.29 is 14.3 Å². The summed E-state index contributed by atoms with van der Waals surface area (Å²) < 4.78 is 7.55. The van der Waals surface area contributed by atoms with Crippen LogP contribution in [0.3, 0.4) is 0 Å². The Kier molecular flexibility index (Phi) is 5.82. The van der Waals surface area contributed by atoms with E-state index in [1.807, 2.05) is 51.1 Å². The lowest BCUT2D eigenvalue weighted by molar-refractivity contribution is 0.0241. The summed E-state index contributed by atoms with van der Waals surface area (Å²) in [5.41, 5.74) is 6.50. The molecule has 0 radical (unpaired) electrons. The molecule has 2 aromatic carbocycles. The highest BCUT2D eigenvalue weighted by Gasteiger charge is 2.29. The standard InChI is InChI=1S/C28H29N3O3/c1-4-25(27(32)31-23-11-7-5-9-21(23)22-10-6-8-12-24(22)31)34-28(33)20-15-13-19(14-16-20)26-29-17(2)18(3)30-26/h5,7,9,11,13-16,25H,4,6,8,10,12H2,1-3H3,(H,29,30). The van der Waals surface area contributed by atoms with Gasteiger partial charge < -0.3 is 9.72 Å². The molecule has 0 spiro atoms. The van der Waals surface area contributed by atoms with Crippen LogP contribution in [0.1, 0.15) is 64.0 Å². The summed E-state index contributed by atoms with van der Waals surface area (Å²) in [5, 5.41) is 1.13. The summed E-state index contributed by atoms with van der Waals surface area (Å²) in [5.74, 6) is 0.0954. The van der Waals surface area contributed by atoms with E-state index in [2.05, 4.69) is 16.0 Å². The molecule has 34 heavy (non-hydrogen) atoms. The number of ether oxygens (including phenoxy) is 1. The van der Waals surface area contributed by atoms with Gasteiger partial charge >= 0.3 is 5.97 Å². The van der Waals surface area contributed by atoms with Gasteiger partial charge in [0.05, 0.1) is 16.8 Å². The van der Waals surface area contributed by atoms with Crippen molar-refractivity contribution in [1.82, 2.24) is 14.5 Å². The second-order valence-electron chi connectivity index (χ2n) is 9.00. The third kappa shape index (κ3) is 3.83. The average molecular weight is 456 g/mol. The monoisotopic (exact) mass is 455 g/mol. The van der Waals surface area contributed by atoms with Crippen LogP contribution in [0.2, 0.25) is 0 Å². The lowest BCUT2D eigenvalue weighted by Crippen LogP contribution is -2.32. The summed E-state index contributed by atoms with van der Waals surface area (Å²) in [7, 11) is 0. The molecule has 0 amide bonds. The van der Waals surface area contributed by atoms with E-state index in [1.165, 1.54) is 5.56 Å². The summed E-state index contributed by atoms with van der Waals surface area (Å²) >= 11 is 0. The molecule has 0 saturated carbocycles. The van der Waals surface area contributed by atoms with Crippen LogP contribution < -0.4 is 0 Å². The molecule has 0 fully saturated rings. The van der Waals surface area contributed by atoms with Crippen LogP contribution >= 0.6 is 0 Å². The fraction of sp³-hybridized carbons (Fsp3) is 0.321. The number of hydrogen-bond acceptors (Lipinski definition) is 4. The first-order valence-electron chi connectivity index (χ1n) is 12.0. The molecule has 1 aliphatic rings. The number of nitrogens with zero attached hydrogens (tertiary/aromatic N) is 2. The van der Waals surface area contributed by atoms with Crippen LogP contribution in [0.5, 0.6) is 0 Å². The lowest BCUT2D eigenvalue weighted by Gasteiger charge is -2.20. The maximum atomic E-state index is 13.6. The normalized spacial score (nSPS) is 14.1. The first-order valence-corrected chi connectivity index (χ1v) is 12.0. The second kappa shape index (κ2) is 8.93. The van der Waals surface area contributed by atoms with Crippen molar-refractivity contribution in [1.29, 1.82) is 0 Å². The quantitative estimate of drug-likeness (QED) is 0.386. The van der Waals surface area contributed by atoms with Gasteiger partial charge in [0.2, 0.25) is 0 Å². The molecule has 6 heteroatoms. The van der Waals surface area contributed by atoms with Crippen molar-refractivity contribution in [2.75, 3.05) is 0 Å². The Labute approximate surface area is 199 Å². The summed E-state index contributed by atoms with van der Waals surface area (Å²) in [6.45, 7) is 5.80. The zero-order valence-electron chi connectivity index (χ0n) is 19.9. The Balaban J connectivity index is 1.39. The highest BCUT2D eigenvalue weighted by atomic mass is 16.5. The van der Waals surface area contributed by atoms with Gasteiger partial charge in [-0.2, -0.15) is 0 Å². The number of esters is 1. The molecule has 1 aliphatic carbocycles. The molecule has 0 bridgehead atoms. The van der Waals surface area contributed by atoms with Crippen molar-refractivity contribution >= 4 is 22.8 Å². The Hall–Kier alpha value is -3.67. The zero-order valence-corrected chi connectivity index (χ0v) is 19.9. The van der Waals surface area contributed by atoms with Gasteiger partial charge in [0.25, 0.3) is 5.91 Å². The van der Waals surface area contributed by atoms with Gasteiger partial charge in [0, 0.05) is 22.3 Å². The molecule has 2 heterocycles. The highest BCUT2D eigenvalue weighted by Crippen LogP contribution is 2.32. The number of aromatic nitrogens is 3. The number of para-hydroxylation sites is 1. The zero-order chi connectivity index (χ0) is 23.8. The van der Waals surface area contributed by atoms with E-state index in [1.54, 1.807) is 16.7 Å². The van der Waals surface area contributed by atoms with Gasteiger partial charge in [-0.15, -0.1) is 0 Å². The van der Waals surface area contributed by atoms with Gasteiger partial charge in [-0.1, -0.05) is 37.3 Å². The molecule has 6 nitrogen and oxygen atoms in total. The topological polar surface area (TPSA) is 77.0 Å². The maximum absolute atomic E-state index is 13.6. The number of carbonyl (C=O) groups is 2. The first-order chi connectivity index (χ1) is 16.5. The van der Waals surface area contributed by atoms with Gasteiger partial charge in [-0.05, 0) is 69.7 Å². The van der Waals surface area contributed by atoms with Crippen LogP contribution in [-0.4, -0.2) is 32.5 Å². The molecule has 2 aromatic heterocycles. The Morgan fingerprint density at radius 1 is 1.06 bits per heavy atom.